The highest BCUT2D eigenvalue weighted by molar-refractivity contribution is 5.80. The zero-order chi connectivity index (χ0) is 15.2. The molecule has 2 atom stereocenters. The minimum atomic E-state index is -0.547. The van der Waals surface area contributed by atoms with Gasteiger partial charge in [0, 0.05) is 6.04 Å². The highest BCUT2D eigenvalue weighted by atomic mass is 16.5. The van der Waals surface area contributed by atoms with Crippen molar-refractivity contribution in [3.63, 3.8) is 0 Å². The SMILES string of the molecule is CCCNC(C)(CCCN(C)C(C)C1CC1)C(=O)OC. The molecule has 0 spiro atoms. The number of ether oxygens (including phenoxy) is 1. The standard InChI is InChI=1S/C16H32N2O2/c1-6-11-17-16(3,15(19)20-5)10-7-12-18(4)13(2)14-8-9-14/h13-14,17H,6-12H2,1-5H3. The van der Waals surface area contributed by atoms with Gasteiger partial charge in [0.05, 0.1) is 7.11 Å². The molecular formula is C16H32N2O2. The highest BCUT2D eigenvalue weighted by Crippen LogP contribution is 2.34. The Bertz CT molecular complexity index is 305. The number of nitrogens with one attached hydrogen (secondary N) is 1. The van der Waals surface area contributed by atoms with E-state index in [1.54, 1.807) is 0 Å². The predicted molar refractivity (Wildman–Crippen MR) is 82.8 cm³/mol. The normalized spacial score (nSPS) is 19.7. The Hall–Kier alpha value is -0.610. The van der Waals surface area contributed by atoms with Crippen LogP contribution in [0, 0.1) is 5.92 Å². The van der Waals surface area contributed by atoms with Gasteiger partial charge in [-0.05, 0) is 72.0 Å². The number of hydrogen-bond donors (Lipinski definition) is 1. The molecule has 0 aromatic heterocycles. The summed E-state index contributed by atoms with van der Waals surface area (Å²) >= 11 is 0. The van der Waals surface area contributed by atoms with Crippen LogP contribution in [0.4, 0.5) is 0 Å². The third-order valence-corrected chi connectivity index (χ3v) is 4.59. The maximum Gasteiger partial charge on any atom is 0.325 e. The van der Waals surface area contributed by atoms with E-state index in [0.29, 0.717) is 6.04 Å². The van der Waals surface area contributed by atoms with Crippen LogP contribution in [0.2, 0.25) is 0 Å². The van der Waals surface area contributed by atoms with E-state index in [1.807, 2.05) is 6.92 Å². The predicted octanol–water partition coefficient (Wildman–Crippen LogP) is 2.43. The number of carbonyl (C=O) groups excluding carboxylic acids is 1. The molecule has 1 aliphatic rings. The van der Waals surface area contributed by atoms with E-state index >= 15 is 0 Å². The Morgan fingerprint density at radius 1 is 1.50 bits per heavy atom. The average Bonchev–Trinajstić information content (AvgIpc) is 3.27. The lowest BCUT2D eigenvalue weighted by Crippen LogP contribution is -2.50. The first kappa shape index (κ1) is 17.4. The molecule has 1 saturated carbocycles. The topological polar surface area (TPSA) is 41.6 Å². The second-order valence-corrected chi connectivity index (χ2v) is 6.41. The van der Waals surface area contributed by atoms with E-state index in [-0.39, 0.29) is 5.97 Å². The molecule has 0 radical (unpaired) electrons. The third kappa shape index (κ3) is 5.06. The summed E-state index contributed by atoms with van der Waals surface area (Å²) in [4.78, 5) is 14.4. The van der Waals surface area contributed by atoms with Crippen LogP contribution >= 0.6 is 0 Å². The zero-order valence-corrected chi connectivity index (χ0v) is 13.9. The molecule has 0 saturated heterocycles. The second kappa shape index (κ2) is 7.99. The molecule has 1 rings (SSSR count). The van der Waals surface area contributed by atoms with Crippen LogP contribution in [-0.2, 0) is 9.53 Å². The van der Waals surface area contributed by atoms with E-state index in [1.165, 1.54) is 20.0 Å². The maximum atomic E-state index is 12.0. The summed E-state index contributed by atoms with van der Waals surface area (Å²) in [7, 11) is 3.66. The molecule has 20 heavy (non-hydrogen) atoms. The van der Waals surface area contributed by atoms with Gasteiger partial charge in [-0.15, -0.1) is 0 Å². The third-order valence-electron chi connectivity index (χ3n) is 4.59. The fourth-order valence-corrected chi connectivity index (χ4v) is 2.71. The molecule has 4 nitrogen and oxygen atoms in total. The number of carbonyl (C=O) groups is 1. The van der Waals surface area contributed by atoms with Crippen molar-refractivity contribution in [2.24, 2.45) is 5.92 Å². The molecule has 2 unspecified atom stereocenters. The molecule has 0 heterocycles. The summed E-state index contributed by atoms with van der Waals surface area (Å²) in [6, 6.07) is 0.669. The fraction of sp³-hybridized carbons (Fsp3) is 0.938. The number of hydrogen-bond acceptors (Lipinski definition) is 4. The van der Waals surface area contributed by atoms with Crippen LogP contribution in [0.3, 0.4) is 0 Å². The van der Waals surface area contributed by atoms with Crippen molar-refractivity contribution in [1.29, 1.82) is 0 Å². The molecule has 0 amide bonds. The van der Waals surface area contributed by atoms with Crippen molar-refractivity contribution in [3.05, 3.63) is 0 Å². The Labute approximate surface area is 124 Å². The Kier molecular flexibility index (Phi) is 6.96. The molecule has 1 N–H and O–H groups in total. The maximum absolute atomic E-state index is 12.0. The molecule has 0 aromatic carbocycles. The Morgan fingerprint density at radius 2 is 2.15 bits per heavy atom. The van der Waals surface area contributed by atoms with Gasteiger partial charge in [-0.1, -0.05) is 6.92 Å². The van der Waals surface area contributed by atoms with Crippen LogP contribution in [0.5, 0.6) is 0 Å². The summed E-state index contributed by atoms with van der Waals surface area (Å²) in [5.41, 5.74) is -0.547. The summed E-state index contributed by atoms with van der Waals surface area (Å²) in [6.07, 6.45) is 5.61. The molecule has 118 valence electrons. The van der Waals surface area contributed by atoms with Gasteiger partial charge in [-0.3, -0.25) is 4.79 Å². The lowest BCUT2D eigenvalue weighted by Gasteiger charge is -2.30. The van der Waals surface area contributed by atoms with Gasteiger partial charge in [0.15, 0.2) is 0 Å². The van der Waals surface area contributed by atoms with E-state index < -0.39 is 5.54 Å². The molecule has 1 fully saturated rings. The second-order valence-electron chi connectivity index (χ2n) is 6.41. The summed E-state index contributed by atoms with van der Waals surface area (Å²) in [5, 5.41) is 3.34. The van der Waals surface area contributed by atoms with E-state index in [0.717, 1.165) is 38.3 Å². The van der Waals surface area contributed by atoms with Crippen molar-refractivity contribution in [2.75, 3.05) is 27.2 Å². The highest BCUT2D eigenvalue weighted by Gasteiger charge is 2.34. The first-order valence-corrected chi connectivity index (χ1v) is 7.98. The van der Waals surface area contributed by atoms with Crippen molar-refractivity contribution < 1.29 is 9.53 Å². The fourth-order valence-electron chi connectivity index (χ4n) is 2.71. The quantitative estimate of drug-likeness (QED) is 0.626. The van der Waals surface area contributed by atoms with Gasteiger partial charge in [0.25, 0.3) is 0 Å². The van der Waals surface area contributed by atoms with Crippen LogP contribution in [0.15, 0.2) is 0 Å². The first-order valence-electron chi connectivity index (χ1n) is 7.98. The monoisotopic (exact) mass is 284 g/mol. The average molecular weight is 284 g/mol. The smallest absolute Gasteiger partial charge is 0.325 e. The Balaban J connectivity index is 2.38. The number of rotatable bonds is 10. The molecule has 4 heteroatoms. The molecule has 0 aliphatic heterocycles. The van der Waals surface area contributed by atoms with E-state index in [9.17, 15) is 4.79 Å². The van der Waals surface area contributed by atoms with Gasteiger partial charge in [0.1, 0.15) is 5.54 Å². The van der Waals surface area contributed by atoms with Crippen molar-refractivity contribution >= 4 is 5.97 Å². The first-order chi connectivity index (χ1) is 9.44. The lowest BCUT2D eigenvalue weighted by atomic mass is 9.95. The van der Waals surface area contributed by atoms with Gasteiger partial charge in [-0.25, -0.2) is 0 Å². The molecule has 0 aromatic rings. The lowest BCUT2D eigenvalue weighted by molar-refractivity contribution is -0.148. The molecule has 0 bridgehead atoms. The molecule has 1 aliphatic carbocycles. The minimum absolute atomic E-state index is 0.149. The van der Waals surface area contributed by atoms with Crippen LogP contribution < -0.4 is 5.32 Å². The number of esters is 1. The van der Waals surface area contributed by atoms with E-state index in [4.69, 9.17) is 4.74 Å². The van der Waals surface area contributed by atoms with Crippen LogP contribution in [0.25, 0.3) is 0 Å². The number of nitrogens with zero attached hydrogens (tertiary/aromatic N) is 1. The summed E-state index contributed by atoms with van der Waals surface area (Å²) in [6.45, 7) is 8.26. The van der Waals surface area contributed by atoms with Crippen molar-refractivity contribution in [3.8, 4) is 0 Å². The minimum Gasteiger partial charge on any atom is -0.468 e. The van der Waals surface area contributed by atoms with Crippen LogP contribution in [0.1, 0.15) is 52.9 Å². The Morgan fingerprint density at radius 3 is 2.65 bits per heavy atom. The van der Waals surface area contributed by atoms with Crippen molar-refractivity contribution in [1.82, 2.24) is 10.2 Å². The van der Waals surface area contributed by atoms with Gasteiger partial charge in [0.2, 0.25) is 0 Å². The molecular weight excluding hydrogens is 252 g/mol. The van der Waals surface area contributed by atoms with E-state index in [2.05, 4.69) is 31.1 Å². The van der Waals surface area contributed by atoms with Crippen molar-refractivity contribution in [2.45, 2.75) is 64.5 Å². The number of methoxy groups -OCH3 is 1. The van der Waals surface area contributed by atoms with Crippen LogP contribution in [-0.4, -0.2) is 49.7 Å². The van der Waals surface area contributed by atoms with Gasteiger partial charge >= 0.3 is 5.97 Å². The van der Waals surface area contributed by atoms with Gasteiger partial charge < -0.3 is 15.0 Å². The zero-order valence-electron chi connectivity index (χ0n) is 13.9. The summed E-state index contributed by atoms with van der Waals surface area (Å²) < 4.78 is 4.95. The van der Waals surface area contributed by atoms with Gasteiger partial charge in [-0.2, -0.15) is 0 Å². The largest absolute Gasteiger partial charge is 0.468 e. The summed E-state index contributed by atoms with van der Waals surface area (Å²) in [5.74, 6) is 0.744.